The molecule has 0 unspecified atom stereocenters. The highest BCUT2D eigenvalue weighted by Gasteiger charge is 2.32. The van der Waals surface area contributed by atoms with Crippen molar-refractivity contribution in [2.75, 3.05) is 52.5 Å². The lowest BCUT2D eigenvalue weighted by atomic mass is 10.2. The molecule has 0 aromatic heterocycles. The van der Waals surface area contributed by atoms with Crippen LogP contribution in [0.5, 0.6) is 17.2 Å². The number of carbonyl (C=O) groups excluding carboxylic acids is 2. The third-order valence-corrected chi connectivity index (χ3v) is 5.72. The molecule has 9 heteroatoms. The Morgan fingerprint density at radius 2 is 1.85 bits per heavy atom. The summed E-state index contributed by atoms with van der Waals surface area (Å²) in [6.07, 6.45) is -1.36. The van der Waals surface area contributed by atoms with Crippen molar-refractivity contribution in [2.24, 2.45) is 0 Å². The van der Waals surface area contributed by atoms with E-state index < -0.39 is 18.2 Å². The minimum Gasteiger partial charge on any atom is -0.491 e. The van der Waals surface area contributed by atoms with Gasteiger partial charge in [0.2, 0.25) is 6.10 Å². The second-order valence-electron chi connectivity index (χ2n) is 8.20. The SMILES string of the molecule is CCOC(=O)c1cccc(OC[C@@H](O)CN2CCN(C(=O)[C@@H]3COc4ccccc4O3)CC2)c1. The van der Waals surface area contributed by atoms with Gasteiger partial charge in [0.05, 0.1) is 12.2 Å². The summed E-state index contributed by atoms with van der Waals surface area (Å²) >= 11 is 0. The Morgan fingerprint density at radius 1 is 1.09 bits per heavy atom. The molecule has 1 N–H and O–H groups in total. The van der Waals surface area contributed by atoms with Crippen LogP contribution in [0, 0.1) is 0 Å². The van der Waals surface area contributed by atoms with E-state index in [9.17, 15) is 14.7 Å². The normalized spacial score (nSPS) is 18.8. The molecule has 0 saturated carbocycles. The van der Waals surface area contributed by atoms with Crippen LogP contribution in [0.2, 0.25) is 0 Å². The average Bonchev–Trinajstić information content (AvgIpc) is 2.87. The number of aliphatic hydroxyl groups excluding tert-OH is 1. The van der Waals surface area contributed by atoms with E-state index in [0.29, 0.717) is 62.1 Å². The summed E-state index contributed by atoms with van der Waals surface area (Å²) in [5.41, 5.74) is 0.408. The number of carbonyl (C=O) groups is 2. The number of aliphatic hydroxyl groups is 1. The van der Waals surface area contributed by atoms with Crippen LogP contribution in [0.4, 0.5) is 0 Å². The summed E-state index contributed by atoms with van der Waals surface area (Å²) in [6, 6.07) is 14.0. The van der Waals surface area contributed by atoms with Gasteiger partial charge in [-0.15, -0.1) is 0 Å². The Labute approximate surface area is 198 Å². The molecule has 9 nitrogen and oxygen atoms in total. The summed E-state index contributed by atoms with van der Waals surface area (Å²) in [6.45, 7) is 5.16. The van der Waals surface area contributed by atoms with Crippen LogP contribution < -0.4 is 14.2 Å². The van der Waals surface area contributed by atoms with Crippen molar-refractivity contribution in [3.63, 3.8) is 0 Å². The number of rotatable bonds is 8. The Bertz CT molecular complexity index is 991. The smallest absolute Gasteiger partial charge is 0.338 e. The van der Waals surface area contributed by atoms with Gasteiger partial charge in [0.1, 0.15) is 25.1 Å². The summed E-state index contributed by atoms with van der Waals surface area (Å²) in [4.78, 5) is 28.6. The van der Waals surface area contributed by atoms with Gasteiger partial charge in [-0.1, -0.05) is 18.2 Å². The molecule has 1 saturated heterocycles. The molecule has 34 heavy (non-hydrogen) atoms. The number of piperazine rings is 1. The average molecular weight is 471 g/mol. The first kappa shape index (κ1) is 23.8. The number of esters is 1. The maximum Gasteiger partial charge on any atom is 0.338 e. The van der Waals surface area contributed by atoms with E-state index in [0.717, 1.165) is 0 Å². The highest BCUT2D eigenvalue weighted by molar-refractivity contribution is 5.89. The van der Waals surface area contributed by atoms with Crippen LogP contribution >= 0.6 is 0 Å². The van der Waals surface area contributed by atoms with Gasteiger partial charge in [0.15, 0.2) is 11.5 Å². The molecule has 1 amide bonds. The quantitative estimate of drug-likeness (QED) is 0.581. The van der Waals surface area contributed by atoms with E-state index in [4.69, 9.17) is 18.9 Å². The van der Waals surface area contributed by atoms with Crippen LogP contribution in [-0.2, 0) is 9.53 Å². The van der Waals surface area contributed by atoms with E-state index in [1.54, 1.807) is 42.2 Å². The fraction of sp³-hybridized carbons (Fsp3) is 0.440. The first-order valence-corrected chi connectivity index (χ1v) is 11.5. The predicted molar refractivity (Wildman–Crippen MR) is 123 cm³/mol. The Hall–Kier alpha value is -3.30. The van der Waals surface area contributed by atoms with Crippen molar-refractivity contribution in [3.05, 3.63) is 54.1 Å². The molecule has 4 rings (SSSR count). The van der Waals surface area contributed by atoms with Crippen molar-refractivity contribution >= 4 is 11.9 Å². The lowest BCUT2D eigenvalue weighted by Crippen LogP contribution is -2.55. The first-order chi connectivity index (χ1) is 16.5. The molecular formula is C25H30N2O7. The third kappa shape index (κ3) is 5.98. The van der Waals surface area contributed by atoms with E-state index in [1.165, 1.54) is 0 Å². The number of benzene rings is 2. The molecule has 2 atom stereocenters. The maximum atomic E-state index is 12.9. The molecule has 182 valence electrons. The lowest BCUT2D eigenvalue weighted by molar-refractivity contribution is -0.143. The van der Waals surface area contributed by atoms with Crippen molar-refractivity contribution in [1.82, 2.24) is 9.80 Å². The zero-order valence-corrected chi connectivity index (χ0v) is 19.2. The molecule has 2 aromatic carbocycles. The highest BCUT2D eigenvalue weighted by Crippen LogP contribution is 2.31. The first-order valence-electron chi connectivity index (χ1n) is 11.5. The molecule has 2 aliphatic rings. The molecule has 0 radical (unpaired) electrons. The second-order valence-corrected chi connectivity index (χ2v) is 8.20. The Morgan fingerprint density at radius 3 is 2.62 bits per heavy atom. The summed E-state index contributed by atoms with van der Waals surface area (Å²) in [7, 11) is 0. The van der Waals surface area contributed by atoms with E-state index in [1.807, 2.05) is 18.2 Å². The van der Waals surface area contributed by atoms with Crippen molar-refractivity contribution in [3.8, 4) is 17.2 Å². The van der Waals surface area contributed by atoms with Crippen LogP contribution in [0.1, 0.15) is 17.3 Å². The number of amides is 1. The van der Waals surface area contributed by atoms with Gasteiger partial charge in [-0.3, -0.25) is 9.69 Å². The second kappa shape index (κ2) is 11.2. The van der Waals surface area contributed by atoms with Crippen LogP contribution in [0.3, 0.4) is 0 Å². The van der Waals surface area contributed by atoms with Crippen molar-refractivity contribution in [2.45, 2.75) is 19.1 Å². The number of hydrogen-bond donors (Lipinski definition) is 1. The Kier molecular flexibility index (Phi) is 7.87. The summed E-state index contributed by atoms with van der Waals surface area (Å²) in [5, 5.41) is 10.4. The Balaban J connectivity index is 1.20. The molecule has 0 bridgehead atoms. The molecule has 2 aliphatic heterocycles. The summed E-state index contributed by atoms with van der Waals surface area (Å²) in [5.74, 6) is 1.24. The lowest BCUT2D eigenvalue weighted by Gasteiger charge is -2.37. The fourth-order valence-corrected chi connectivity index (χ4v) is 3.97. The molecule has 2 heterocycles. The maximum absolute atomic E-state index is 12.9. The third-order valence-electron chi connectivity index (χ3n) is 5.72. The van der Waals surface area contributed by atoms with Gasteiger partial charge in [-0.25, -0.2) is 4.79 Å². The topological polar surface area (TPSA) is 97.8 Å². The van der Waals surface area contributed by atoms with Crippen LogP contribution in [0.25, 0.3) is 0 Å². The van der Waals surface area contributed by atoms with E-state index >= 15 is 0 Å². The number of nitrogens with zero attached hydrogens (tertiary/aromatic N) is 2. The number of para-hydroxylation sites is 2. The zero-order valence-electron chi connectivity index (χ0n) is 19.2. The van der Waals surface area contributed by atoms with Gasteiger partial charge < -0.3 is 29.0 Å². The summed E-state index contributed by atoms with van der Waals surface area (Å²) < 4.78 is 22.2. The predicted octanol–water partition coefficient (Wildman–Crippen LogP) is 1.59. The van der Waals surface area contributed by atoms with Crippen LogP contribution in [0.15, 0.2) is 48.5 Å². The zero-order chi connectivity index (χ0) is 23.9. The van der Waals surface area contributed by atoms with Gasteiger partial charge in [0.25, 0.3) is 5.91 Å². The van der Waals surface area contributed by atoms with Gasteiger partial charge in [-0.2, -0.15) is 0 Å². The minimum absolute atomic E-state index is 0.0838. The highest BCUT2D eigenvalue weighted by atomic mass is 16.6. The number of fused-ring (bicyclic) bond motifs is 1. The molecule has 0 spiro atoms. The minimum atomic E-state index is -0.708. The van der Waals surface area contributed by atoms with E-state index in [-0.39, 0.29) is 19.1 Å². The van der Waals surface area contributed by atoms with Gasteiger partial charge in [-0.05, 0) is 37.3 Å². The van der Waals surface area contributed by atoms with Crippen molar-refractivity contribution < 1.29 is 33.6 Å². The van der Waals surface area contributed by atoms with Gasteiger partial charge in [0, 0.05) is 32.7 Å². The fourth-order valence-electron chi connectivity index (χ4n) is 3.97. The standard InChI is InChI=1S/C25H30N2O7/c1-2-31-25(30)18-6-5-7-20(14-18)32-16-19(28)15-26-10-12-27(13-11-26)24(29)23-17-33-21-8-3-4-9-22(21)34-23/h3-9,14,19,23,28H,2,10-13,15-17H2,1H3/t19-,23-/m0/s1. The molecular weight excluding hydrogens is 440 g/mol. The molecule has 1 fully saturated rings. The van der Waals surface area contributed by atoms with Crippen molar-refractivity contribution in [1.29, 1.82) is 0 Å². The number of β-amino-alcohol motifs (C(OH)–C–C–N with tert-alkyl or cyclic N) is 1. The monoisotopic (exact) mass is 470 g/mol. The molecule has 0 aliphatic carbocycles. The van der Waals surface area contributed by atoms with Gasteiger partial charge >= 0.3 is 5.97 Å². The molecule has 2 aromatic rings. The van der Waals surface area contributed by atoms with E-state index in [2.05, 4.69) is 4.90 Å². The number of ether oxygens (including phenoxy) is 4. The number of hydrogen-bond acceptors (Lipinski definition) is 8. The largest absolute Gasteiger partial charge is 0.491 e. The van der Waals surface area contributed by atoms with Crippen LogP contribution in [-0.4, -0.2) is 91.5 Å².